The van der Waals surface area contributed by atoms with Crippen LogP contribution in [0.4, 0.5) is 0 Å². The van der Waals surface area contributed by atoms with E-state index < -0.39 is 35.8 Å². The van der Waals surface area contributed by atoms with Gasteiger partial charge in [0, 0.05) is 24.1 Å². The van der Waals surface area contributed by atoms with Crippen molar-refractivity contribution in [2.75, 3.05) is 0 Å². The van der Waals surface area contributed by atoms with Crippen LogP contribution in [0, 0.1) is 0 Å². The SMILES string of the molecule is NC(=O)C(Cc1ccc(O)cc1)NC(=O)C(CCC(=O)O)NC(=O)CCc1ccc(-c2cccs2)cc1. The number of aromatic hydroxyl groups is 1. The molecule has 2 unspecified atom stereocenters. The fraction of sp³-hybridized carbons (Fsp3) is 0.259. The highest BCUT2D eigenvalue weighted by Gasteiger charge is 2.26. The summed E-state index contributed by atoms with van der Waals surface area (Å²) in [7, 11) is 0. The normalized spacial score (nSPS) is 12.3. The maximum Gasteiger partial charge on any atom is 0.303 e. The zero-order valence-corrected chi connectivity index (χ0v) is 20.9. The van der Waals surface area contributed by atoms with Crippen LogP contribution in [0.3, 0.4) is 0 Å². The minimum atomic E-state index is -1.15. The zero-order valence-electron chi connectivity index (χ0n) is 20.1. The predicted octanol–water partition coefficient (Wildman–Crippen LogP) is 2.62. The number of primary amides is 1. The summed E-state index contributed by atoms with van der Waals surface area (Å²) in [5.74, 6) is -2.96. The lowest BCUT2D eigenvalue weighted by atomic mass is 10.0. The van der Waals surface area contributed by atoms with Crippen molar-refractivity contribution in [2.24, 2.45) is 5.73 Å². The van der Waals surface area contributed by atoms with E-state index in [0.717, 1.165) is 16.0 Å². The highest BCUT2D eigenvalue weighted by atomic mass is 32.1. The maximum absolute atomic E-state index is 12.9. The second-order valence-electron chi connectivity index (χ2n) is 8.56. The molecule has 1 heterocycles. The monoisotopic (exact) mass is 523 g/mol. The summed E-state index contributed by atoms with van der Waals surface area (Å²) < 4.78 is 0. The predicted molar refractivity (Wildman–Crippen MR) is 140 cm³/mol. The van der Waals surface area contributed by atoms with Crippen LogP contribution in [0.1, 0.15) is 30.4 Å². The number of aryl methyl sites for hydroxylation is 1. The number of hydrogen-bond donors (Lipinski definition) is 5. The molecule has 1 aromatic heterocycles. The second kappa shape index (κ2) is 13.2. The number of carbonyl (C=O) groups is 4. The van der Waals surface area contributed by atoms with Gasteiger partial charge in [0.25, 0.3) is 0 Å². The Bertz CT molecular complexity index is 1210. The zero-order chi connectivity index (χ0) is 26.8. The van der Waals surface area contributed by atoms with Crippen LogP contribution in [-0.4, -0.2) is 46.0 Å². The minimum absolute atomic E-state index is 0.0540. The molecule has 2 atom stereocenters. The van der Waals surface area contributed by atoms with Crippen LogP contribution in [0.2, 0.25) is 0 Å². The lowest BCUT2D eigenvalue weighted by Crippen LogP contribution is -2.53. The fourth-order valence-electron chi connectivity index (χ4n) is 3.70. The molecule has 9 nitrogen and oxygen atoms in total. The topological polar surface area (TPSA) is 159 Å². The Labute approximate surface area is 218 Å². The number of hydrogen-bond acceptors (Lipinski definition) is 6. The van der Waals surface area contributed by atoms with Gasteiger partial charge < -0.3 is 26.6 Å². The molecule has 2 aromatic carbocycles. The van der Waals surface area contributed by atoms with E-state index in [9.17, 15) is 24.3 Å². The molecule has 194 valence electrons. The summed E-state index contributed by atoms with van der Waals surface area (Å²) in [4.78, 5) is 49.7. The number of phenols is 1. The Hall–Kier alpha value is -4.18. The van der Waals surface area contributed by atoms with Crippen molar-refractivity contribution in [3.05, 3.63) is 77.2 Å². The molecule has 0 aliphatic carbocycles. The molecule has 0 fully saturated rings. The van der Waals surface area contributed by atoms with Gasteiger partial charge >= 0.3 is 5.97 Å². The Balaban J connectivity index is 1.59. The molecule has 10 heteroatoms. The van der Waals surface area contributed by atoms with E-state index in [0.29, 0.717) is 12.0 Å². The van der Waals surface area contributed by atoms with Gasteiger partial charge in [0.05, 0.1) is 0 Å². The first kappa shape index (κ1) is 27.4. The molecule has 3 aromatic rings. The summed E-state index contributed by atoms with van der Waals surface area (Å²) in [6.45, 7) is 0. The van der Waals surface area contributed by atoms with Crippen molar-refractivity contribution >= 4 is 35.0 Å². The van der Waals surface area contributed by atoms with E-state index in [1.165, 1.54) is 12.1 Å². The second-order valence-corrected chi connectivity index (χ2v) is 9.51. The van der Waals surface area contributed by atoms with E-state index >= 15 is 0 Å². The Kier molecular flexibility index (Phi) is 9.79. The number of carbonyl (C=O) groups excluding carboxylic acids is 3. The average molecular weight is 524 g/mol. The molecular weight excluding hydrogens is 494 g/mol. The molecule has 0 spiro atoms. The van der Waals surface area contributed by atoms with Crippen molar-refractivity contribution in [1.29, 1.82) is 0 Å². The molecule has 3 rings (SSSR count). The van der Waals surface area contributed by atoms with Gasteiger partial charge in [-0.2, -0.15) is 0 Å². The number of carboxylic acid groups (broad SMARTS) is 1. The molecule has 0 radical (unpaired) electrons. The summed E-state index contributed by atoms with van der Waals surface area (Å²) in [6, 6.07) is 15.7. The van der Waals surface area contributed by atoms with Crippen LogP contribution in [0.15, 0.2) is 66.0 Å². The van der Waals surface area contributed by atoms with Crippen molar-refractivity contribution in [2.45, 2.75) is 44.2 Å². The molecule has 0 saturated heterocycles. The summed E-state index contributed by atoms with van der Waals surface area (Å²) in [6.07, 6.45) is 0.119. The number of aliphatic carboxylic acids is 1. The Morgan fingerprint density at radius 1 is 0.865 bits per heavy atom. The van der Waals surface area contributed by atoms with Crippen LogP contribution >= 0.6 is 11.3 Å². The molecule has 0 aliphatic heterocycles. The van der Waals surface area contributed by atoms with Gasteiger partial charge in [-0.05, 0) is 53.1 Å². The lowest BCUT2D eigenvalue weighted by Gasteiger charge is -2.22. The van der Waals surface area contributed by atoms with E-state index in [1.54, 1.807) is 23.5 Å². The van der Waals surface area contributed by atoms with Crippen LogP contribution in [0.25, 0.3) is 10.4 Å². The smallest absolute Gasteiger partial charge is 0.303 e. The number of thiophene rings is 1. The average Bonchev–Trinajstić information content (AvgIpc) is 3.41. The van der Waals surface area contributed by atoms with Crippen LogP contribution in [0.5, 0.6) is 5.75 Å². The van der Waals surface area contributed by atoms with Gasteiger partial charge in [0.1, 0.15) is 17.8 Å². The highest BCUT2D eigenvalue weighted by molar-refractivity contribution is 7.13. The number of amides is 3. The number of rotatable bonds is 13. The molecule has 37 heavy (non-hydrogen) atoms. The van der Waals surface area contributed by atoms with Crippen molar-refractivity contribution in [1.82, 2.24) is 10.6 Å². The quantitative estimate of drug-likeness (QED) is 0.232. The van der Waals surface area contributed by atoms with Crippen LogP contribution in [-0.2, 0) is 32.0 Å². The van der Waals surface area contributed by atoms with Gasteiger partial charge in [-0.25, -0.2) is 0 Å². The molecule has 6 N–H and O–H groups in total. The first-order chi connectivity index (χ1) is 17.7. The minimum Gasteiger partial charge on any atom is -0.508 e. The van der Waals surface area contributed by atoms with E-state index in [1.807, 2.05) is 41.8 Å². The molecule has 0 saturated carbocycles. The third-order valence-electron chi connectivity index (χ3n) is 5.74. The standard InChI is InChI=1S/C27H29N3O6S/c28-26(35)22(16-18-5-10-20(31)11-6-18)30-27(36)21(12-14-25(33)34)29-24(32)13-7-17-3-8-19(9-4-17)23-2-1-15-37-23/h1-6,8-11,15,21-22,31H,7,12-14,16H2,(H2,28,35)(H,29,32)(H,30,36)(H,33,34). The number of carboxylic acids is 1. The van der Waals surface area contributed by atoms with E-state index in [2.05, 4.69) is 10.6 Å². The largest absolute Gasteiger partial charge is 0.508 e. The molecule has 0 aliphatic rings. The summed E-state index contributed by atoms with van der Waals surface area (Å²) in [5.41, 5.74) is 8.14. The van der Waals surface area contributed by atoms with E-state index in [-0.39, 0.29) is 31.4 Å². The van der Waals surface area contributed by atoms with Crippen molar-refractivity contribution < 1.29 is 29.4 Å². The highest BCUT2D eigenvalue weighted by Crippen LogP contribution is 2.24. The maximum atomic E-state index is 12.9. The summed E-state index contributed by atoms with van der Waals surface area (Å²) >= 11 is 1.64. The lowest BCUT2D eigenvalue weighted by molar-refractivity contribution is -0.138. The third kappa shape index (κ3) is 8.76. The van der Waals surface area contributed by atoms with Crippen LogP contribution < -0.4 is 16.4 Å². The first-order valence-electron chi connectivity index (χ1n) is 11.7. The Morgan fingerprint density at radius 3 is 2.14 bits per heavy atom. The van der Waals surface area contributed by atoms with Crippen molar-refractivity contribution in [3.63, 3.8) is 0 Å². The molecule has 0 bridgehead atoms. The number of nitrogens with one attached hydrogen (secondary N) is 2. The van der Waals surface area contributed by atoms with Gasteiger partial charge in [-0.3, -0.25) is 19.2 Å². The van der Waals surface area contributed by atoms with Gasteiger partial charge in [0.15, 0.2) is 0 Å². The van der Waals surface area contributed by atoms with Crippen molar-refractivity contribution in [3.8, 4) is 16.2 Å². The number of phenolic OH excluding ortho intramolecular Hbond substituents is 1. The number of nitrogens with two attached hydrogens (primary N) is 1. The third-order valence-corrected chi connectivity index (χ3v) is 6.65. The fourth-order valence-corrected chi connectivity index (χ4v) is 4.44. The molecule has 3 amide bonds. The van der Waals surface area contributed by atoms with E-state index in [4.69, 9.17) is 10.8 Å². The number of benzene rings is 2. The molecular formula is C27H29N3O6S. The first-order valence-corrected chi connectivity index (χ1v) is 12.6. The summed E-state index contributed by atoms with van der Waals surface area (Å²) in [5, 5.41) is 25.6. The van der Waals surface area contributed by atoms with Gasteiger partial charge in [-0.15, -0.1) is 11.3 Å². The Morgan fingerprint density at radius 2 is 1.54 bits per heavy atom. The van der Waals surface area contributed by atoms with Gasteiger partial charge in [-0.1, -0.05) is 42.5 Å². The van der Waals surface area contributed by atoms with Gasteiger partial charge in [0.2, 0.25) is 17.7 Å².